The van der Waals surface area contributed by atoms with Gasteiger partial charge in [-0.25, -0.2) is 18.3 Å². The summed E-state index contributed by atoms with van der Waals surface area (Å²) in [7, 11) is 0. The van der Waals surface area contributed by atoms with Crippen LogP contribution in [0.15, 0.2) is 54.7 Å². The van der Waals surface area contributed by atoms with E-state index in [9.17, 15) is 18.0 Å². The molecule has 1 aliphatic carbocycles. The molecule has 0 saturated heterocycles. The molecule has 2 N–H and O–H groups in total. The molecule has 34 heavy (non-hydrogen) atoms. The van der Waals surface area contributed by atoms with E-state index in [0.29, 0.717) is 46.6 Å². The first-order valence-electron chi connectivity index (χ1n) is 10.3. The van der Waals surface area contributed by atoms with Gasteiger partial charge in [-0.2, -0.15) is 0 Å². The third-order valence-electron chi connectivity index (χ3n) is 5.83. The van der Waals surface area contributed by atoms with Crippen molar-refractivity contribution in [3.63, 3.8) is 0 Å². The minimum absolute atomic E-state index is 0.259. The van der Waals surface area contributed by atoms with Gasteiger partial charge >= 0.3 is 0 Å². The van der Waals surface area contributed by atoms with Gasteiger partial charge in [0.25, 0.3) is 6.43 Å². The molecular formula is C23H16ClF3N6O. The summed E-state index contributed by atoms with van der Waals surface area (Å²) >= 11 is 5.85. The van der Waals surface area contributed by atoms with E-state index >= 15 is 0 Å². The van der Waals surface area contributed by atoms with Crippen molar-refractivity contribution < 1.29 is 18.0 Å². The highest BCUT2D eigenvalue weighted by Gasteiger charge is 2.52. The lowest BCUT2D eigenvalue weighted by atomic mass is 9.94. The maximum atomic E-state index is 14.5. The molecule has 7 nitrogen and oxygen atoms in total. The lowest BCUT2D eigenvalue weighted by molar-refractivity contribution is -0.118. The Bertz CT molecular complexity index is 1360. The van der Waals surface area contributed by atoms with Gasteiger partial charge in [0.1, 0.15) is 11.5 Å². The number of nitrogens with one attached hydrogen (secondary N) is 2. The average molecular weight is 485 g/mol. The number of aromatic nitrogens is 5. The minimum atomic E-state index is -2.68. The summed E-state index contributed by atoms with van der Waals surface area (Å²) < 4.78 is 40.3. The van der Waals surface area contributed by atoms with E-state index in [2.05, 4.69) is 30.9 Å². The van der Waals surface area contributed by atoms with Gasteiger partial charge in [0, 0.05) is 33.6 Å². The predicted molar refractivity (Wildman–Crippen MR) is 119 cm³/mol. The van der Waals surface area contributed by atoms with Crippen LogP contribution in [0.2, 0.25) is 5.02 Å². The van der Waals surface area contributed by atoms with Crippen molar-refractivity contribution in [3.05, 3.63) is 76.8 Å². The molecule has 2 aromatic carbocycles. The minimum Gasteiger partial charge on any atom is -0.325 e. The van der Waals surface area contributed by atoms with Crippen LogP contribution in [-0.2, 0) is 10.2 Å². The molecule has 5 rings (SSSR count). The standard InChI is InChI=1S/C23H16ClF3N6O/c24-13-2-5-17(18(25)9-13)23(7-8-23)22(34)29-14-3-4-15(16(10-14)21-30-32-33-31-21)12-1-6-19(20(26)27)28-11-12/h1-6,9-11,20H,7-8H2,(H,29,34)(H,30,31,32,33). The molecule has 0 radical (unpaired) electrons. The summed E-state index contributed by atoms with van der Waals surface area (Å²) in [6.07, 6.45) is -0.317. The summed E-state index contributed by atoms with van der Waals surface area (Å²) in [5.41, 5.74) is 1.16. The third kappa shape index (κ3) is 4.01. The number of halogens is 4. The van der Waals surface area contributed by atoms with Crippen molar-refractivity contribution in [2.24, 2.45) is 0 Å². The number of hydrogen-bond acceptors (Lipinski definition) is 5. The molecule has 2 aromatic heterocycles. The number of anilines is 1. The van der Waals surface area contributed by atoms with Gasteiger partial charge in [-0.3, -0.25) is 9.78 Å². The molecule has 2 heterocycles. The van der Waals surface area contributed by atoms with Crippen LogP contribution in [0, 0.1) is 5.82 Å². The number of benzene rings is 2. The van der Waals surface area contributed by atoms with Crippen molar-refractivity contribution in [3.8, 4) is 22.5 Å². The first-order chi connectivity index (χ1) is 16.4. The summed E-state index contributed by atoms with van der Waals surface area (Å²) in [6, 6.07) is 12.1. The number of H-pyrrole nitrogens is 1. The van der Waals surface area contributed by atoms with Gasteiger partial charge in [-0.1, -0.05) is 29.8 Å². The van der Waals surface area contributed by atoms with Crippen LogP contribution in [0.5, 0.6) is 0 Å². The lowest BCUT2D eigenvalue weighted by Crippen LogP contribution is -2.28. The van der Waals surface area contributed by atoms with Gasteiger partial charge in [0.2, 0.25) is 5.91 Å². The van der Waals surface area contributed by atoms with Crippen LogP contribution >= 0.6 is 11.6 Å². The molecule has 0 unspecified atom stereocenters. The Labute approximate surface area is 196 Å². The Kier molecular flexibility index (Phi) is 5.52. The van der Waals surface area contributed by atoms with Crippen LogP contribution in [0.1, 0.15) is 30.5 Å². The monoisotopic (exact) mass is 484 g/mol. The summed E-state index contributed by atoms with van der Waals surface area (Å²) in [6.45, 7) is 0. The maximum absolute atomic E-state index is 14.5. The second-order valence-electron chi connectivity index (χ2n) is 7.94. The number of nitrogens with zero attached hydrogens (tertiary/aromatic N) is 4. The van der Waals surface area contributed by atoms with Crippen molar-refractivity contribution >= 4 is 23.2 Å². The van der Waals surface area contributed by atoms with Crippen LogP contribution in [0.3, 0.4) is 0 Å². The number of carbonyl (C=O) groups is 1. The van der Waals surface area contributed by atoms with E-state index in [0.717, 1.165) is 0 Å². The maximum Gasteiger partial charge on any atom is 0.280 e. The molecule has 0 bridgehead atoms. The molecule has 0 atom stereocenters. The van der Waals surface area contributed by atoms with E-state index < -0.39 is 17.7 Å². The van der Waals surface area contributed by atoms with Crippen molar-refractivity contribution in [2.45, 2.75) is 24.7 Å². The Morgan fingerprint density at radius 3 is 2.53 bits per heavy atom. The van der Waals surface area contributed by atoms with Crippen LogP contribution in [0.4, 0.5) is 18.9 Å². The highest BCUT2D eigenvalue weighted by Crippen LogP contribution is 2.50. The summed E-state index contributed by atoms with van der Waals surface area (Å²) in [5.74, 6) is -0.552. The summed E-state index contributed by atoms with van der Waals surface area (Å²) in [4.78, 5) is 17.0. The first kappa shape index (κ1) is 22.0. The Morgan fingerprint density at radius 2 is 1.91 bits per heavy atom. The second-order valence-corrected chi connectivity index (χ2v) is 8.38. The van der Waals surface area contributed by atoms with E-state index in [1.807, 2.05) is 0 Å². The highest BCUT2D eigenvalue weighted by atomic mass is 35.5. The van der Waals surface area contributed by atoms with E-state index in [1.165, 1.54) is 30.5 Å². The van der Waals surface area contributed by atoms with Gasteiger partial charge in [0.15, 0.2) is 5.82 Å². The van der Waals surface area contributed by atoms with Gasteiger partial charge in [-0.05, 0) is 59.2 Å². The zero-order valence-electron chi connectivity index (χ0n) is 17.4. The smallest absolute Gasteiger partial charge is 0.280 e. The lowest BCUT2D eigenvalue weighted by Gasteiger charge is -2.18. The fourth-order valence-electron chi connectivity index (χ4n) is 3.91. The van der Waals surface area contributed by atoms with E-state index in [4.69, 9.17) is 11.6 Å². The fraction of sp³-hybridized carbons (Fsp3) is 0.174. The largest absolute Gasteiger partial charge is 0.325 e. The normalized spacial score (nSPS) is 14.3. The van der Waals surface area contributed by atoms with E-state index in [1.54, 1.807) is 24.3 Å². The Balaban J connectivity index is 1.47. The molecular weight excluding hydrogens is 469 g/mol. The molecule has 1 aliphatic rings. The highest BCUT2D eigenvalue weighted by molar-refractivity contribution is 6.30. The number of amides is 1. The molecule has 4 aromatic rings. The molecule has 11 heteroatoms. The van der Waals surface area contributed by atoms with Gasteiger partial charge in [-0.15, -0.1) is 5.10 Å². The second kappa shape index (κ2) is 8.53. The van der Waals surface area contributed by atoms with Gasteiger partial charge in [0.05, 0.1) is 5.41 Å². The van der Waals surface area contributed by atoms with Crippen molar-refractivity contribution in [1.29, 1.82) is 0 Å². The molecule has 0 spiro atoms. The van der Waals surface area contributed by atoms with Crippen LogP contribution in [-0.4, -0.2) is 31.5 Å². The van der Waals surface area contributed by atoms with Crippen LogP contribution < -0.4 is 5.32 Å². The van der Waals surface area contributed by atoms with E-state index in [-0.39, 0.29) is 16.6 Å². The molecule has 0 aliphatic heterocycles. The molecule has 172 valence electrons. The van der Waals surface area contributed by atoms with Crippen molar-refractivity contribution in [1.82, 2.24) is 25.6 Å². The third-order valence-corrected chi connectivity index (χ3v) is 6.07. The summed E-state index contributed by atoms with van der Waals surface area (Å²) in [5, 5.41) is 16.9. The fourth-order valence-corrected chi connectivity index (χ4v) is 4.07. The molecule has 1 amide bonds. The van der Waals surface area contributed by atoms with Crippen molar-refractivity contribution in [2.75, 3.05) is 5.32 Å². The number of rotatable bonds is 6. The number of aromatic amines is 1. The number of hydrogen-bond donors (Lipinski definition) is 2. The van der Waals surface area contributed by atoms with Gasteiger partial charge < -0.3 is 5.32 Å². The SMILES string of the molecule is O=C(Nc1ccc(-c2ccc(C(F)F)nc2)c(-c2nnn[nH]2)c1)C1(c2ccc(Cl)cc2F)CC1. The predicted octanol–water partition coefficient (Wildman–Crippen LogP) is 5.33. The zero-order chi connectivity index (χ0) is 23.9. The Morgan fingerprint density at radius 1 is 1.09 bits per heavy atom. The molecule has 1 saturated carbocycles. The quantitative estimate of drug-likeness (QED) is 0.385. The average Bonchev–Trinajstić information content (AvgIpc) is 3.44. The Hall–Kier alpha value is -3.79. The zero-order valence-corrected chi connectivity index (χ0v) is 18.2. The topological polar surface area (TPSA) is 96.5 Å². The number of alkyl halides is 2. The number of pyridine rings is 1. The van der Waals surface area contributed by atoms with Crippen LogP contribution in [0.25, 0.3) is 22.5 Å². The number of tetrazole rings is 1. The molecule has 1 fully saturated rings. The first-order valence-corrected chi connectivity index (χ1v) is 10.6. The number of carbonyl (C=O) groups excluding carboxylic acids is 1.